The van der Waals surface area contributed by atoms with Crippen molar-refractivity contribution in [2.75, 3.05) is 0 Å². The molecule has 0 aromatic heterocycles. The van der Waals surface area contributed by atoms with Crippen LogP contribution < -0.4 is 5.32 Å². The number of hydrogen-bond donors (Lipinski definition) is 3. The van der Waals surface area contributed by atoms with E-state index in [9.17, 15) is 14.7 Å². The van der Waals surface area contributed by atoms with Gasteiger partial charge in [0.25, 0.3) is 0 Å². The average molecular weight is 407 g/mol. The first-order valence-electron chi connectivity index (χ1n) is 6.26. The van der Waals surface area contributed by atoms with Crippen LogP contribution in [0.15, 0.2) is 24.3 Å². The van der Waals surface area contributed by atoms with Gasteiger partial charge >= 0.3 is 12.1 Å². The number of nitrogens with one attached hydrogen (secondary N) is 1. The number of carbonyl (C=O) groups is 2. The third-order valence-corrected chi connectivity index (χ3v) is 3.19. The van der Waals surface area contributed by atoms with E-state index in [-0.39, 0.29) is 0 Å². The Morgan fingerprint density at radius 3 is 2.19 bits per heavy atom. The summed E-state index contributed by atoms with van der Waals surface area (Å²) in [7, 11) is 0. The second-order valence-corrected chi connectivity index (χ2v) is 6.70. The monoisotopic (exact) mass is 407 g/mol. The summed E-state index contributed by atoms with van der Waals surface area (Å²) in [5, 5.41) is 21.2. The Balaban J connectivity index is 2.95. The lowest BCUT2D eigenvalue weighted by Crippen LogP contribution is -2.42. The van der Waals surface area contributed by atoms with E-state index < -0.39 is 29.8 Å². The number of alkyl carbamates (subject to hydrolysis) is 1. The summed E-state index contributed by atoms with van der Waals surface area (Å²) in [4.78, 5) is 22.8. The molecule has 0 spiro atoms. The number of amides is 1. The van der Waals surface area contributed by atoms with E-state index in [1.807, 2.05) is 0 Å². The zero-order chi connectivity index (χ0) is 16.2. The van der Waals surface area contributed by atoms with E-state index in [1.165, 1.54) is 0 Å². The number of carbonyl (C=O) groups excluding carboxylic acids is 1. The molecular weight excluding hydrogens is 389 g/mol. The standard InChI is InChI=1S/C14H18INO5/c1-14(2,3)21-13(20)16-10(11(17)12(18)19)8-4-6-9(15)7-5-8/h4-7,10-11,17H,1-3H3,(H,16,20)(H,18,19)/t10-,11+/m0/s1. The molecule has 1 aromatic carbocycles. The lowest BCUT2D eigenvalue weighted by atomic mass is 10.0. The van der Waals surface area contributed by atoms with Crippen molar-refractivity contribution in [3.63, 3.8) is 0 Å². The lowest BCUT2D eigenvalue weighted by molar-refractivity contribution is -0.148. The summed E-state index contributed by atoms with van der Waals surface area (Å²) in [6.07, 6.45) is -2.55. The normalized spacial score (nSPS) is 14.1. The molecule has 21 heavy (non-hydrogen) atoms. The molecule has 0 bridgehead atoms. The second kappa shape index (κ2) is 7.08. The van der Waals surface area contributed by atoms with Crippen molar-refractivity contribution < 1.29 is 24.5 Å². The molecule has 1 amide bonds. The molecule has 0 unspecified atom stereocenters. The van der Waals surface area contributed by atoms with Crippen molar-refractivity contribution in [1.29, 1.82) is 0 Å². The Morgan fingerprint density at radius 2 is 1.76 bits per heavy atom. The lowest BCUT2D eigenvalue weighted by Gasteiger charge is -2.25. The van der Waals surface area contributed by atoms with E-state index in [4.69, 9.17) is 9.84 Å². The van der Waals surface area contributed by atoms with Gasteiger partial charge in [-0.05, 0) is 61.1 Å². The molecule has 1 rings (SSSR count). The summed E-state index contributed by atoms with van der Waals surface area (Å²) in [6.45, 7) is 5.08. The minimum absolute atomic E-state index is 0.483. The van der Waals surface area contributed by atoms with Gasteiger partial charge in [-0.15, -0.1) is 0 Å². The van der Waals surface area contributed by atoms with E-state index >= 15 is 0 Å². The fraction of sp³-hybridized carbons (Fsp3) is 0.429. The molecular formula is C14H18INO5. The van der Waals surface area contributed by atoms with Crippen LogP contribution in [0.2, 0.25) is 0 Å². The minimum Gasteiger partial charge on any atom is -0.479 e. The largest absolute Gasteiger partial charge is 0.479 e. The van der Waals surface area contributed by atoms with Crippen LogP contribution in [0.5, 0.6) is 0 Å². The van der Waals surface area contributed by atoms with Crippen molar-refractivity contribution in [3.8, 4) is 0 Å². The van der Waals surface area contributed by atoms with Crippen LogP contribution in [-0.2, 0) is 9.53 Å². The van der Waals surface area contributed by atoms with Crippen LogP contribution in [-0.4, -0.2) is 34.0 Å². The van der Waals surface area contributed by atoms with Crippen molar-refractivity contribution in [3.05, 3.63) is 33.4 Å². The molecule has 1 aromatic rings. The SMILES string of the molecule is CC(C)(C)OC(=O)N[C@@H](c1ccc(I)cc1)[C@@H](O)C(=O)O. The fourth-order valence-corrected chi connectivity index (χ4v) is 1.95. The minimum atomic E-state index is -1.77. The number of benzene rings is 1. The van der Waals surface area contributed by atoms with Gasteiger partial charge in [-0.25, -0.2) is 9.59 Å². The number of carboxylic acid groups (broad SMARTS) is 1. The molecule has 3 N–H and O–H groups in total. The Kier molecular flexibility index (Phi) is 5.97. The van der Waals surface area contributed by atoms with Gasteiger partial charge in [0, 0.05) is 3.57 Å². The number of aliphatic hydroxyl groups excluding tert-OH is 1. The molecule has 0 aliphatic heterocycles. The molecule has 6 nitrogen and oxygen atoms in total. The number of carboxylic acids is 1. The maximum absolute atomic E-state index is 11.8. The molecule has 0 radical (unpaired) electrons. The first-order valence-corrected chi connectivity index (χ1v) is 7.34. The summed E-state index contributed by atoms with van der Waals surface area (Å²) < 4.78 is 6.04. The molecule has 0 heterocycles. The van der Waals surface area contributed by atoms with E-state index in [1.54, 1.807) is 45.0 Å². The summed E-state index contributed by atoms with van der Waals surface area (Å²) in [5.41, 5.74) is -0.231. The smallest absolute Gasteiger partial charge is 0.408 e. The van der Waals surface area contributed by atoms with Crippen LogP contribution in [0.3, 0.4) is 0 Å². The van der Waals surface area contributed by atoms with Gasteiger partial charge in [-0.1, -0.05) is 12.1 Å². The van der Waals surface area contributed by atoms with E-state index in [2.05, 4.69) is 27.9 Å². The topological polar surface area (TPSA) is 95.9 Å². The predicted octanol–water partition coefficient (Wildman–Crippen LogP) is 2.30. The van der Waals surface area contributed by atoms with Gasteiger partial charge < -0.3 is 20.3 Å². The first kappa shape index (κ1) is 17.7. The molecule has 7 heteroatoms. The van der Waals surface area contributed by atoms with Gasteiger partial charge in [-0.2, -0.15) is 0 Å². The third kappa shape index (κ3) is 5.88. The highest BCUT2D eigenvalue weighted by Crippen LogP contribution is 2.20. The molecule has 0 fully saturated rings. The summed E-state index contributed by atoms with van der Waals surface area (Å²) >= 11 is 2.10. The van der Waals surface area contributed by atoms with Gasteiger partial charge in [0.15, 0.2) is 6.10 Å². The maximum Gasteiger partial charge on any atom is 0.408 e. The maximum atomic E-state index is 11.8. The molecule has 116 valence electrons. The van der Waals surface area contributed by atoms with Gasteiger partial charge in [0.2, 0.25) is 0 Å². The highest BCUT2D eigenvalue weighted by Gasteiger charge is 2.30. The van der Waals surface area contributed by atoms with Gasteiger partial charge in [0.05, 0.1) is 6.04 Å². The zero-order valence-corrected chi connectivity index (χ0v) is 14.1. The summed E-state index contributed by atoms with van der Waals surface area (Å²) in [6, 6.07) is 5.73. The second-order valence-electron chi connectivity index (χ2n) is 5.46. The van der Waals surface area contributed by atoms with Crippen LogP contribution in [0, 0.1) is 3.57 Å². The predicted molar refractivity (Wildman–Crippen MR) is 84.9 cm³/mol. The highest BCUT2D eigenvalue weighted by atomic mass is 127. The molecule has 2 atom stereocenters. The number of aliphatic carboxylic acids is 1. The van der Waals surface area contributed by atoms with E-state index in [0.29, 0.717) is 5.56 Å². The molecule has 0 saturated carbocycles. The van der Waals surface area contributed by atoms with Crippen LogP contribution in [0.1, 0.15) is 32.4 Å². The van der Waals surface area contributed by atoms with Gasteiger partial charge in [-0.3, -0.25) is 0 Å². The number of rotatable bonds is 4. The van der Waals surface area contributed by atoms with Crippen molar-refractivity contribution in [2.45, 2.75) is 38.5 Å². The number of hydrogen-bond acceptors (Lipinski definition) is 4. The quantitative estimate of drug-likeness (QED) is 0.666. The zero-order valence-electron chi connectivity index (χ0n) is 12.0. The van der Waals surface area contributed by atoms with Crippen molar-refractivity contribution >= 4 is 34.7 Å². The van der Waals surface area contributed by atoms with Crippen molar-refractivity contribution in [2.24, 2.45) is 0 Å². The summed E-state index contributed by atoms with van der Waals surface area (Å²) in [5.74, 6) is -1.42. The third-order valence-electron chi connectivity index (χ3n) is 2.47. The molecule has 0 aliphatic rings. The Hall–Kier alpha value is -1.35. The Labute approximate surface area is 136 Å². The van der Waals surface area contributed by atoms with Crippen LogP contribution >= 0.6 is 22.6 Å². The number of ether oxygens (including phenoxy) is 1. The molecule has 0 saturated heterocycles. The number of halogens is 1. The fourth-order valence-electron chi connectivity index (χ4n) is 1.59. The first-order chi connectivity index (χ1) is 9.60. The van der Waals surface area contributed by atoms with Crippen LogP contribution in [0.25, 0.3) is 0 Å². The number of aliphatic hydroxyl groups is 1. The van der Waals surface area contributed by atoms with Crippen molar-refractivity contribution in [1.82, 2.24) is 5.32 Å². The molecule has 0 aliphatic carbocycles. The van der Waals surface area contributed by atoms with E-state index in [0.717, 1.165) is 3.57 Å². The van der Waals surface area contributed by atoms with Gasteiger partial charge in [0.1, 0.15) is 5.60 Å². The average Bonchev–Trinajstić information content (AvgIpc) is 2.34. The Morgan fingerprint density at radius 1 is 1.24 bits per heavy atom. The van der Waals surface area contributed by atoms with Crippen LogP contribution in [0.4, 0.5) is 4.79 Å². The Bertz CT molecular complexity index is 509. The highest BCUT2D eigenvalue weighted by molar-refractivity contribution is 14.1.